The Morgan fingerprint density at radius 1 is 1.32 bits per heavy atom. The van der Waals surface area contributed by atoms with Crippen LogP contribution in [0.1, 0.15) is 25.5 Å². The van der Waals surface area contributed by atoms with E-state index in [2.05, 4.69) is 0 Å². The number of nitrogens with two attached hydrogens (primary N) is 2. The summed E-state index contributed by atoms with van der Waals surface area (Å²) in [4.78, 5) is 22.0. The highest BCUT2D eigenvalue weighted by Gasteiger charge is 2.23. The minimum Gasteiger partial charge on any atom is -0.351 e. The molecule has 19 heavy (non-hydrogen) atoms. The van der Waals surface area contributed by atoms with Gasteiger partial charge in [-0.15, -0.1) is 0 Å². The molecular weight excluding hydrogens is 256 g/mol. The molecule has 5 nitrogen and oxygen atoms in total. The third kappa shape index (κ3) is 4.29. The molecule has 0 saturated heterocycles. The van der Waals surface area contributed by atoms with Crippen LogP contribution in [0.25, 0.3) is 0 Å². The second-order valence-electron chi connectivity index (χ2n) is 4.29. The quantitative estimate of drug-likeness (QED) is 0.729. The molecular formula is C12H16F2N3O2+. The first-order valence-corrected chi connectivity index (χ1v) is 5.71. The van der Waals surface area contributed by atoms with E-state index in [-0.39, 0.29) is 5.56 Å². The van der Waals surface area contributed by atoms with Gasteiger partial charge in [0.2, 0.25) is 0 Å². The lowest BCUT2D eigenvalue weighted by Crippen LogP contribution is -2.92. The zero-order valence-corrected chi connectivity index (χ0v) is 10.6. The molecule has 0 spiro atoms. The van der Waals surface area contributed by atoms with Crippen LogP contribution in [0.2, 0.25) is 0 Å². The van der Waals surface area contributed by atoms with Crippen LogP contribution in [-0.2, 0) is 4.79 Å². The SMILES string of the molecule is C[C@H]([NH2+][C@@H](C)c1ccc(F)cc1F)C(=O)NC(N)=O. The zero-order valence-electron chi connectivity index (χ0n) is 10.6. The maximum absolute atomic E-state index is 13.5. The minimum absolute atomic E-state index is 0.278. The van der Waals surface area contributed by atoms with Crippen molar-refractivity contribution >= 4 is 11.9 Å². The van der Waals surface area contributed by atoms with Crippen molar-refractivity contribution in [3.8, 4) is 0 Å². The second-order valence-corrected chi connectivity index (χ2v) is 4.29. The molecule has 3 amide bonds. The third-order valence-corrected chi connectivity index (χ3v) is 2.69. The van der Waals surface area contributed by atoms with Gasteiger partial charge in [-0.3, -0.25) is 10.1 Å². The van der Waals surface area contributed by atoms with Gasteiger partial charge in [0.1, 0.15) is 17.7 Å². The van der Waals surface area contributed by atoms with E-state index in [9.17, 15) is 18.4 Å². The van der Waals surface area contributed by atoms with E-state index in [1.807, 2.05) is 5.32 Å². The van der Waals surface area contributed by atoms with Crippen LogP contribution in [0.3, 0.4) is 0 Å². The number of rotatable bonds is 4. The number of benzene rings is 1. The summed E-state index contributed by atoms with van der Waals surface area (Å²) in [5.74, 6) is -1.90. The van der Waals surface area contributed by atoms with Crippen molar-refractivity contribution in [1.29, 1.82) is 0 Å². The Bertz CT molecular complexity index is 494. The fraction of sp³-hybridized carbons (Fsp3) is 0.333. The number of primary amides is 1. The molecule has 5 N–H and O–H groups in total. The number of carbonyl (C=O) groups excluding carboxylic acids is 2. The van der Waals surface area contributed by atoms with Gasteiger partial charge in [-0.1, -0.05) is 0 Å². The number of halogens is 2. The fourth-order valence-corrected chi connectivity index (χ4v) is 1.73. The van der Waals surface area contributed by atoms with E-state index in [0.717, 1.165) is 12.1 Å². The van der Waals surface area contributed by atoms with Gasteiger partial charge in [0.05, 0.1) is 0 Å². The minimum atomic E-state index is -0.939. The molecule has 0 heterocycles. The Morgan fingerprint density at radius 3 is 2.47 bits per heavy atom. The molecule has 0 aliphatic heterocycles. The van der Waals surface area contributed by atoms with Crippen LogP contribution in [0.5, 0.6) is 0 Å². The predicted molar refractivity (Wildman–Crippen MR) is 63.9 cm³/mol. The highest BCUT2D eigenvalue weighted by Crippen LogP contribution is 2.14. The maximum Gasteiger partial charge on any atom is 0.319 e. The summed E-state index contributed by atoms with van der Waals surface area (Å²) in [5, 5.41) is 3.49. The van der Waals surface area contributed by atoms with Crippen molar-refractivity contribution in [3.63, 3.8) is 0 Å². The van der Waals surface area contributed by atoms with Crippen LogP contribution in [0, 0.1) is 11.6 Å². The lowest BCUT2D eigenvalue weighted by atomic mass is 10.1. The molecule has 0 radical (unpaired) electrons. The average Bonchev–Trinajstić information content (AvgIpc) is 2.27. The third-order valence-electron chi connectivity index (χ3n) is 2.69. The lowest BCUT2D eigenvalue weighted by molar-refractivity contribution is -0.710. The number of hydrogen-bond acceptors (Lipinski definition) is 2. The maximum atomic E-state index is 13.5. The van der Waals surface area contributed by atoms with Gasteiger partial charge >= 0.3 is 6.03 Å². The molecule has 0 saturated carbocycles. The van der Waals surface area contributed by atoms with Crippen LogP contribution in [-0.4, -0.2) is 18.0 Å². The number of quaternary nitrogens is 1. The first kappa shape index (κ1) is 15.0. The highest BCUT2D eigenvalue weighted by molar-refractivity contribution is 5.95. The van der Waals surface area contributed by atoms with Crippen molar-refractivity contribution in [1.82, 2.24) is 5.32 Å². The molecule has 0 aliphatic rings. The van der Waals surface area contributed by atoms with Crippen molar-refractivity contribution in [2.45, 2.75) is 25.9 Å². The van der Waals surface area contributed by atoms with E-state index in [4.69, 9.17) is 5.73 Å². The van der Waals surface area contributed by atoms with Crippen LogP contribution in [0.15, 0.2) is 18.2 Å². The van der Waals surface area contributed by atoms with E-state index in [1.54, 1.807) is 19.2 Å². The number of urea groups is 1. The second kappa shape index (κ2) is 6.24. The molecule has 1 aromatic rings. The summed E-state index contributed by atoms with van der Waals surface area (Å²) < 4.78 is 26.3. The van der Waals surface area contributed by atoms with Gasteiger partial charge < -0.3 is 11.1 Å². The molecule has 0 aliphatic carbocycles. The number of hydrogen-bond donors (Lipinski definition) is 3. The number of imide groups is 1. The highest BCUT2D eigenvalue weighted by atomic mass is 19.1. The van der Waals surface area contributed by atoms with Crippen molar-refractivity contribution < 1.29 is 23.7 Å². The molecule has 1 aromatic carbocycles. The van der Waals surface area contributed by atoms with E-state index in [0.29, 0.717) is 0 Å². The monoisotopic (exact) mass is 272 g/mol. The van der Waals surface area contributed by atoms with Gasteiger partial charge in [-0.05, 0) is 26.0 Å². The zero-order chi connectivity index (χ0) is 14.6. The molecule has 0 unspecified atom stereocenters. The molecule has 2 atom stereocenters. The topological polar surface area (TPSA) is 88.8 Å². The predicted octanol–water partition coefficient (Wildman–Crippen LogP) is 0.173. The van der Waals surface area contributed by atoms with Gasteiger partial charge in [-0.25, -0.2) is 13.6 Å². The molecule has 104 valence electrons. The van der Waals surface area contributed by atoms with E-state index in [1.165, 1.54) is 6.07 Å². The average molecular weight is 272 g/mol. The van der Waals surface area contributed by atoms with Crippen LogP contribution in [0.4, 0.5) is 13.6 Å². The Balaban J connectivity index is 2.71. The van der Waals surface area contributed by atoms with Crippen molar-refractivity contribution in [2.75, 3.05) is 0 Å². The summed E-state index contributed by atoms with van der Waals surface area (Å²) in [6.45, 7) is 3.22. The van der Waals surface area contributed by atoms with E-state index >= 15 is 0 Å². The standard InChI is InChI=1S/C12H15F2N3O2/c1-6(9-4-3-8(13)5-10(9)14)16-7(2)11(18)17-12(15)19/h3-7,16H,1-2H3,(H3,15,17,18,19)/p+1/t6-,7-/m0/s1. The molecule has 1 rings (SSSR count). The Morgan fingerprint density at radius 2 is 1.95 bits per heavy atom. The number of amides is 3. The number of carbonyl (C=O) groups is 2. The Labute approximate surface area is 109 Å². The molecule has 0 aromatic heterocycles. The Kier molecular flexibility index (Phi) is 4.94. The molecule has 7 heteroatoms. The summed E-state index contributed by atoms with van der Waals surface area (Å²) in [5.41, 5.74) is 5.11. The smallest absolute Gasteiger partial charge is 0.319 e. The first-order chi connectivity index (χ1) is 8.81. The summed E-state index contributed by atoms with van der Waals surface area (Å²) >= 11 is 0. The van der Waals surface area contributed by atoms with Crippen molar-refractivity contribution in [2.24, 2.45) is 5.73 Å². The van der Waals surface area contributed by atoms with Gasteiger partial charge in [0.15, 0.2) is 6.04 Å². The van der Waals surface area contributed by atoms with Crippen LogP contribution >= 0.6 is 0 Å². The fourth-order valence-electron chi connectivity index (χ4n) is 1.73. The van der Waals surface area contributed by atoms with E-state index < -0.39 is 35.7 Å². The van der Waals surface area contributed by atoms with Gasteiger partial charge in [-0.2, -0.15) is 0 Å². The number of nitrogens with one attached hydrogen (secondary N) is 1. The van der Waals surface area contributed by atoms with Gasteiger partial charge in [0, 0.05) is 11.6 Å². The first-order valence-electron chi connectivity index (χ1n) is 5.71. The Hall–Kier alpha value is -2.02. The summed E-state index contributed by atoms with van der Waals surface area (Å²) in [7, 11) is 0. The normalized spacial score (nSPS) is 13.7. The van der Waals surface area contributed by atoms with Crippen molar-refractivity contribution in [3.05, 3.63) is 35.4 Å². The molecule has 0 fully saturated rings. The summed E-state index contributed by atoms with van der Waals surface area (Å²) in [6, 6.07) is 1.28. The lowest BCUT2D eigenvalue weighted by Gasteiger charge is -2.16. The van der Waals surface area contributed by atoms with Crippen LogP contribution < -0.4 is 16.4 Å². The largest absolute Gasteiger partial charge is 0.351 e. The van der Waals surface area contributed by atoms with Gasteiger partial charge in [0.25, 0.3) is 5.91 Å². The summed E-state index contributed by atoms with van der Waals surface area (Å²) in [6.07, 6.45) is 0. The molecule has 0 bridgehead atoms.